The van der Waals surface area contributed by atoms with E-state index in [4.69, 9.17) is 4.74 Å². The third-order valence-electron chi connectivity index (χ3n) is 4.60. The van der Waals surface area contributed by atoms with Crippen LogP contribution in [0.25, 0.3) is 10.6 Å². The molecule has 1 aromatic heterocycles. The van der Waals surface area contributed by atoms with Crippen molar-refractivity contribution in [3.8, 4) is 16.3 Å². The molecule has 0 unspecified atom stereocenters. The van der Waals surface area contributed by atoms with Crippen LogP contribution in [0.15, 0.2) is 48.5 Å². The van der Waals surface area contributed by atoms with E-state index in [9.17, 15) is 0 Å². The molecular formula is C23H28N2OS. The van der Waals surface area contributed by atoms with Crippen molar-refractivity contribution in [3.05, 3.63) is 64.7 Å². The first-order valence-corrected chi connectivity index (χ1v) is 10.7. The average Bonchev–Trinajstić information content (AvgIpc) is 3.17. The summed E-state index contributed by atoms with van der Waals surface area (Å²) in [5.41, 5.74) is 3.85. The largest absolute Gasteiger partial charge is 0.494 e. The number of nitrogens with zero attached hydrogens (tertiary/aromatic N) is 2. The number of ether oxygens (including phenoxy) is 1. The van der Waals surface area contributed by atoms with Crippen molar-refractivity contribution in [3.63, 3.8) is 0 Å². The molecule has 0 bridgehead atoms. The molecule has 2 aromatic carbocycles. The lowest BCUT2D eigenvalue weighted by molar-refractivity contribution is 0.340. The molecule has 0 N–H and O–H groups in total. The number of rotatable bonds is 10. The van der Waals surface area contributed by atoms with Crippen LogP contribution in [0.4, 0.5) is 0 Å². The van der Waals surface area contributed by atoms with Gasteiger partial charge in [-0.25, -0.2) is 0 Å². The lowest BCUT2D eigenvalue weighted by atomic mass is 10.0. The van der Waals surface area contributed by atoms with Gasteiger partial charge in [0.25, 0.3) is 0 Å². The molecule has 0 saturated heterocycles. The first-order valence-electron chi connectivity index (χ1n) is 9.92. The van der Waals surface area contributed by atoms with Gasteiger partial charge in [0, 0.05) is 12.0 Å². The second kappa shape index (κ2) is 10.2. The summed E-state index contributed by atoms with van der Waals surface area (Å²) in [6, 6.07) is 17.2. The van der Waals surface area contributed by atoms with Gasteiger partial charge in [-0.05, 0) is 49.4 Å². The minimum atomic E-state index is 0.709. The number of benzene rings is 2. The van der Waals surface area contributed by atoms with Gasteiger partial charge in [-0.15, -0.1) is 10.2 Å². The number of aryl methyl sites for hydroxylation is 3. The van der Waals surface area contributed by atoms with E-state index in [0.717, 1.165) is 35.0 Å². The fourth-order valence-electron chi connectivity index (χ4n) is 3.02. The van der Waals surface area contributed by atoms with Gasteiger partial charge in [-0.3, -0.25) is 0 Å². The molecule has 0 aliphatic heterocycles. The molecule has 0 saturated carbocycles. The molecule has 0 amide bonds. The highest BCUT2D eigenvalue weighted by Crippen LogP contribution is 2.25. The molecule has 0 fully saturated rings. The Kier molecular flexibility index (Phi) is 7.40. The predicted octanol–water partition coefficient (Wildman–Crippen LogP) is 6.12. The average molecular weight is 381 g/mol. The lowest BCUT2D eigenvalue weighted by Crippen LogP contribution is -1.94. The van der Waals surface area contributed by atoms with Crippen molar-refractivity contribution < 1.29 is 4.74 Å². The summed E-state index contributed by atoms with van der Waals surface area (Å²) in [6.45, 7) is 4.94. The van der Waals surface area contributed by atoms with E-state index in [0.29, 0.717) is 6.61 Å². The van der Waals surface area contributed by atoms with E-state index in [1.807, 2.05) is 6.92 Å². The molecule has 3 rings (SSSR count). The van der Waals surface area contributed by atoms with Crippen LogP contribution >= 0.6 is 11.3 Å². The van der Waals surface area contributed by atoms with Crippen LogP contribution in [0.5, 0.6) is 5.75 Å². The van der Waals surface area contributed by atoms with Crippen LogP contribution in [0.2, 0.25) is 0 Å². The molecule has 3 nitrogen and oxygen atoms in total. The van der Waals surface area contributed by atoms with Crippen LogP contribution < -0.4 is 4.74 Å². The van der Waals surface area contributed by atoms with Gasteiger partial charge in [0.05, 0.1) is 6.61 Å². The second-order valence-corrected chi connectivity index (χ2v) is 7.79. The fourth-order valence-corrected chi connectivity index (χ4v) is 3.91. The van der Waals surface area contributed by atoms with Gasteiger partial charge < -0.3 is 4.74 Å². The quantitative estimate of drug-likeness (QED) is 0.397. The summed E-state index contributed by atoms with van der Waals surface area (Å²) in [6.07, 6.45) is 6.82. The molecule has 0 aliphatic carbocycles. The van der Waals surface area contributed by atoms with Crippen LogP contribution in [-0.4, -0.2) is 16.8 Å². The second-order valence-electron chi connectivity index (χ2n) is 6.73. The van der Waals surface area contributed by atoms with Gasteiger partial charge in [0.2, 0.25) is 0 Å². The zero-order valence-corrected chi connectivity index (χ0v) is 17.1. The highest BCUT2D eigenvalue weighted by atomic mass is 32.1. The lowest BCUT2D eigenvalue weighted by Gasteiger charge is -2.06. The molecule has 0 radical (unpaired) electrons. The summed E-state index contributed by atoms with van der Waals surface area (Å²) in [5, 5.41) is 10.9. The van der Waals surface area contributed by atoms with E-state index in [2.05, 4.69) is 65.7 Å². The SMILES string of the molecule is CCCCCc1nnc(-c2ccc(CCc3ccc(OCC)cc3)cc2)s1. The predicted molar refractivity (Wildman–Crippen MR) is 114 cm³/mol. The Morgan fingerprint density at radius 1 is 0.778 bits per heavy atom. The van der Waals surface area contributed by atoms with E-state index < -0.39 is 0 Å². The molecular weight excluding hydrogens is 352 g/mol. The smallest absolute Gasteiger partial charge is 0.147 e. The van der Waals surface area contributed by atoms with Gasteiger partial charge in [-0.1, -0.05) is 67.5 Å². The Hall–Kier alpha value is -2.20. The molecule has 142 valence electrons. The minimum absolute atomic E-state index is 0.709. The van der Waals surface area contributed by atoms with Crippen LogP contribution in [0.3, 0.4) is 0 Å². The Morgan fingerprint density at radius 3 is 2.07 bits per heavy atom. The number of hydrogen-bond acceptors (Lipinski definition) is 4. The maximum Gasteiger partial charge on any atom is 0.147 e. The standard InChI is InChI=1S/C23H28N2OS/c1-3-5-6-7-22-24-25-23(27-22)20-14-10-18(11-15-20)8-9-19-12-16-21(17-13-19)26-4-2/h10-17H,3-9H2,1-2H3. The molecule has 3 aromatic rings. The maximum absolute atomic E-state index is 5.50. The van der Waals surface area contributed by atoms with Crippen molar-refractivity contribution in [1.82, 2.24) is 10.2 Å². The Balaban J connectivity index is 1.54. The Labute approximate surface area is 166 Å². The van der Waals surface area contributed by atoms with Gasteiger partial charge in [-0.2, -0.15) is 0 Å². The molecule has 27 heavy (non-hydrogen) atoms. The molecule has 1 heterocycles. The summed E-state index contributed by atoms with van der Waals surface area (Å²) in [7, 11) is 0. The third-order valence-corrected chi connectivity index (χ3v) is 5.63. The normalized spacial score (nSPS) is 10.9. The zero-order chi connectivity index (χ0) is 18.9. The first-order chi connectivity index (χ1) is 13.3. The summed E-state index contributed by atoms with van der Waals surface area (Å²) < 4.78 is 5.50. The summed E-state index contributed by atoms with van der Waals surface area (Å²) in [5.74, 6) is 0.941. The van der Waals surface area contributed by atoms with E-state index in [-0.39, 0.29) is 0 Å². The number of hydrogen-bond donors (Lipinski definition) is 0. The number of aromatic nitrogens is 2. The highest BCUT2D eigenvalue weighted by molar-refractivity contribution is 7.14. The van der Waals surface area contributed by atoms with Crippen molar-refractivity contribution >= 4 is 11.3 Å². The van der Waals surface area contributed by atoms with Gasteiger partial charge in [0.1, 0.15) is 15.8 Å². The van der Waals surface area contributed by atoms with E-state index in [1.165, 1.54) is 36.0 Å². The monoisotopic (exact) mass is 380 g/mol. The minimum Gasteiger partial charge on any atom is -0.494 e. The number of unbranched alkanes of at least 4 members (excludes halogenated alkanes) is 2. The maximum atomic E-state index is 5.50. The van der Waals surface area contributed by atoms with E-state index >= 15 is 0 Å². The van der Waals surface area contributed by atoms with E-state index in [1.54, 1.807) is 11.3 Å². The van der Waals surface area contributed by atoms with Crippen LogP contribution in [0.1, 0.15) is 49.2 Å². The molecule has 0 spiro atoms. The van der Waals surface area contributed by atoms with Gasteiger partial charge >= 0.3 is 0 Å². The van der Waals surface area contributed by atoms with Crippen LogP contribution in [0, 0.1) is 0 Å². The Bertz CT molecular complexity index is 809. The van der Waals surface area contributed by atoms with Crippen molar-refractivity contribution in [1.29, 1.82) is 0 Å². The first kappa shape index (κ1) is 19.6. The van der Waals surface area contributed by atoms with Crippen LogP contribution in [-0.2, 0) is 19.3 Å². The Morgan fingerprint density at radius 2 is 1.44 bits per heavy atom. The zero-order valence-electron chi connectivity index (χ0n) is 16.3. The molecule has 0 aliphatic rings. The third kappa shape index (κ3) is 5.90. The molecule has 0 atom stereocenters. The van der Waals surface area contributed by atoms with Gasteiger partial charge in [0.15, 0.2) is 0 Å². The summed E-state index contributed by atoms with van der Waals surface area (Å²) in [4.78, 5) is 0. The fraction of sp³-hybridized carbons (Fsp3) is 0.391. The van der Waals surface area contributed by atoms with Crippen molar-refractivity contribution in [2.45, 2.75) is 52.4 Å². The summed E-state index contributed by atoms with van der Waals surface area (Å²) >= 11 is 1.72. The molecule has 4 heteroatoms. The topological polar surface area (TPSA) is 35.0 Å². The van der Waals surface area contributed by atoms with Crippen molar-refractivity contribution in [2.24, 2.45) is 0 Å². The van der Waals surface area contributed by atoms with Crippen molar-refractivity contribution in [2.75, 3.05) is 6.61 Å². The highest BCUT2D eigenvalue weighted by Gasteiger charge is 2.07.